The van der Waals surface area contributed by atoms with Crippen molar-refractivity contribution in [1.29, 1.82) is 0 Å². The van der Waals surface area contributed by atoms with Gasteiger partial charge in [0.25, 0.3) is 0 Å². The maximum absolute atomic E-state index is 4.58. The van der Waals surface area contributed by atoms with E-state index in [-0.39, 0.29) is 0 Å². The molecule has 1 aromatic rings. The van der Waals surface area contributed by atoms with Gasteiger partial charge in [-0.1, -0.05) is 26.7 Å². The first-order valence-corrected chi connectivity index (χ1v) is 7.10. The Morgan fingerprint density at radius 1 is 1.28 bits per heavy atom. The van der Waals surface area contributed by atoms with E-state index in [0.29, 0.717) is 6.04 Å². The molecule has 1 saturated carbocycles. The molecular weight excluding hydrogens is 224 g/mol. The monoisotopic (exact) mass is 248 g/mol. The van der Waals surface area contributed by atoms with Crippen LogP contribution in [-0.4, -0.2) is 22.6 Å². The molecule has 0 aromatic carbocycles. The molecule has 0 bridgehead atoms. The Balaban J connectivity index is 1.81. The average molecular weight is 248 g/mol. The lowest BCUT2D eigenvalue weighted by Gasteiger charge is -2.14. The molecule has 0 atom stereocenters. The highest BCUT2D eigenvalue weighted by Crippen LogP contribution is 2.19. The molecular formula is C14H24N4. The molecule has 1 heterocycles. The van der Waals surface area contributed by atoms with Crippen molar-refractivity contribution in [1.82, 2.24) is 15.3 Å². The van der Waals surface area contributed by atoms with Crippen LogP contribution in [0.3, 0.4) is 0 Å². The number of rotatable bonds is 8. The van der Waals surface area contributed by atoms with Crippen LogP contribution < -0.4 is 10.6 Å². The number of nitrogens with zero attached hydrogens (tertiary/aromatic N) is 2. The predicted octanol–water partition coefficient (Wildman–Crippen LogP) is 2.58. The van der Waals surface area contributed by atoms with Gasteiger partial charge < -0.3 is 10.6 Å². The predicted molar refractivity (Wildman–Crippen MR) is 74.5 cm³/mol. The molecule has 0 amide bonds. The lowest BCUT2D eigenvalue weighted by molar-refractivity contribution is 0.518. The van der Waals surface area contributed by atoms with Crippen molar-refractivity contribution in [3.8, 4) is 0 Å². The smallest absolute Gasteiger partial charge is 0.144 e. The molecule has 2 rings (SSSR count). The van der Waals surface area contributed by atoms with Crippen LogP contribution in [-0.2, 0) is 6.54 Å². The van der Waals surface area contributed by atoms with Crippen LogP contribution in [0.5, 0.6) is 0 Å². The molecule has 1 aromatic heterocycles. The Bertz CT molecular complexity index is 359. The summed E-state index contributed by atoms with van der Waals surface area (Å²) in [5.74, 6) is 1.62. The summed E-state index contributed by atoms with van der Waals surface area (Å²) in [6.45, 7) is 6.29. The summed E-state index contributed by atoms with van der Waals surface area (Å²) in [5, 5.41) is 6.85. The van der Waals surface area contributed by atoms with Gasteiger partial charge in [0.2, 0.25) is 0 Å². The van der Waals surface area contributed by atoms with Gasteiger partial charge in [0.15, 0.2) is 0 Å². The molecule has 2 N–H and O–H groups in total. The molecule has 0 aliphatic heterocycles. The maximum Gasteiger partial charge on any atom is 0.144 e. The van der Waals surface area contributed by atoms with E-state index < -0.39 is 0 Å². The van der Waals surface area contributed by atoms with E-state index in [4.69, 9.17) is 0 Å². The average Bonchev–Trinajstić information content (AvgIpc) is 3.22. The van der Waals surface area contributed by atoms with Crippen molar-refractivity contribution in [2.45, 2.75) is 52.1 Å². The van der Waals surface area contributed by atoms with Gasteiger partial charge in [0, 0.05) is 25.3 Å². The normalized spacial score (nSPS) is 15.1. The first kappa shape index (κ1) is 13.3. The lowest BCUT2D eigenvalue weighted by atomic mass is 10.0. The van der Waals surface area contributed by atoms with Gasteiger partial charge in [-0.3, -0.25) is 4.98 Å². The van der Waals surface area contributed by atoms with Crippen LogP contribution in [0.1, 0.15) is 45.2 Å². The first-order chi connectivity index (χ1) is 8.81. The van der Waals surface area contributed by atoms with Crippen LogP contribution in [0.2, 0.25) is 0 Å². The minimum atomic E-state index is 0.716. The molecule has 1 aliphatic rings. The molecule has 18 heavy (non-hydrogen) atoms. The number of hydrogen-bond donors (Lipinski definition) is 2. The van der Waals surface area contributed by atoms with Crippen molar-refractivity contribution in [2.24, 2.45) is 5.92 Å². The zero-order valence-corrected chi connectivity index (χ0v) is 11.4. The van der Waals surface area contributed by atoms with Crippen molar-refractivity contribution >= 4 is 5.82 Å². The van der Waals surface area contributed by atoms with Gasteiger partial charge in [0.05, 0.1) is 11.9 Å². The van der Waals surface area contributed by atoms with Crippen LogP contribution in [0.15, 0.2) is 12.4 Å². The third-order valence-electron chi connectivity index (χ3n) is 3.56. The van der Waals surface area contributed by atoms with E-state index in [2.05, 4.69) is 34.4 Å². The Hall–Kier alpha value is -1.16. The van der Waals surface area contributed by atoms with Crippen molar-refractivity contribution in [2.75, 3.05) is 11.9 Å². The number of anilines is 1. The second-order valence-corrected chi connectivity index (χ2v) is 5.11. The Morgan fingerprint density at radius 3 is 2.72 bits per heavy atom. The number of hydrogen-bond acceptors (Lipinski definition) is 4. The molecule has 0 unspecified atom stereocenters. The Labute approximate surface area is 110 Å². The second-order valence-electron chi connectivity index (χ2n) is 5.11. The molecule has 4 nitrogen and oxygen atoms in total. The first-order valence-electron chi connectivity index (χ1n) is 7.10. The summed E-state index contributed by atoms with van der Waals surface area (Å²) in [6, 6.07) is 0.716. The molecule has 0 saturated heterocycles. The summed E-state index contributed by atoms with van der Waals surface area (Å²) in [4.78, 5) is 8.82. The van der Waals surface area contributed by atoms with E-state index in [1.807, 2.05) is 12.4 Å². The lowest BCUT2D eigenvalue weighted by Crippen LogP contribution is -2.18. The Kier molecular flexibility index (Phi) is 4.93. The van der Waals surface area contributed by atoms with Crippen LogP contribution in [0.4, 0.5) is 5.82 Å². The molecule has 0 radical (unpaired) electrons. The van der Waals surface area contributed by atoms with Gasteiger partial charge >= 0.3 is 0 Å². The zero-order chi connectivity index (χ0) is 12.8. The standard InChI is InChI=1S/C14H24N4/c1-3-11(4-2)7-17-14-10-15-8-13(18-14)9-16-12-5-6-12/h8,10-12,16H,3-7,9H2,1-2H3,(H,17,18). The SMILES string of the molecule is CCC(CC)CNc1cncc(CNC2CC2)n1. The van der Waals surface area contributed by atoms with E-state index in [1.165, 1.54) is 25.7 Å². The summed E-state index contributed by atoms with van der Waals surface area (Å²) in [7, 11) is 0. The zero-order valence-electron chi connectivity index (χ0n) is 11.4. The van der Waals surface area contributed by atoms with E-state index in [9.17, 15) is 0 Å². The molecule has 1 fully saturated rings. The van der Waals surface area contributed by atoms with Crippen molar-refractivity contribution in [3.63, 3.8) is 0 Å². The van der Waals surface area contributed by atoms with Gasteiger partial charge in [-0.05, 0) is 18.8 Å². The number of aromatic nitrogens is 2. The largest absolute Gasteiger partial charge is 0.369 e. The highest BCUT2D eigenvalue weighted by atomic mass is 15.0. The quantitative estimate of drug-likeness (QED) is 0.742. The van der Waals surface area contributed by atoms with Gasteiger partial charge in [0.1, 0.15) is 5.82 Å². The molecule has 1 aliphatic carbocycles. The van der Waals surface area contributed by atoms with Gasteiger partial charge in [-0.25, -0.2) is 4.98 Å². The summed E-state index contributed by atoms with van der Waals surface area (Å²) >= 11 is 0. The van der Waals surface area contributed by atoms with Crippen molar-refractivity contribution in [3.05, 3.63) is 18.1 Å². The maximum atomic E-state index is 4.58. The van der Waals surface area contributed by atoms with Crippen LogP contribution in [0.25, 0.3) is 0 Å². The third-order valence-corrected chi connectivity index (χ3v) is 3.56. The minimum absolute atomic E-state index is 0.716. The summed E-state index contributed by atoms with van der Waals surface area (Å²) in [6.07, 6.45) is 8.68. The third kappa shape index (κ3) is 4.26. The van der Waals surface area contributed by atoms with Crippen LogP contribution >= 0.6 is 0 Å². The molecule has 100 valence electrons. The topological polar surface area (TPSA) is 49.8 Å². The van der Waals surface area contributed by atoms with Crippen molar-refractivity contribution < 1.29 is 0 Å². The van der Waals surface area contributed by atoms with Crippen LogP contribution in [0, 0.1) is 5.92 Å². The highest BCUT2D eigenvalue weighted by molar-refractivity contribution is 5.31. The molecule has 4 heteroatoms. The fourth-order valence-corrected chi connectivity index (χ4v) is 1.94. The Morgan fingerprint density at radius 2 is 2.06 bits per heavy atom. The number of nitrogens with one attached hydrogen (secondary N) is 2. The fourth-order valence-electron chi connectivity index (χ4n) is 1.94. The second kappa shape index (κ2) is 6.69. The molecule has 0 spiro atoms. The minimum Gasteiger partial charge on any atom is -0.369 e. The van der Waals surface area contributed by atoms with Gasteiger partial charge in [-0.2, -0.15) is 0 Å². The van der Waals surface area contributed by atoms with E-state index >= 15 is 0 Å². The highest BCUT2D eigenvalue weighted by Gasteiger charge is 2.20. The summed E-state index contributed by atoms with van der Waals surface area (Å²) < 4.78 is 0. The van der Waals surface area contributed by atoms with E-state index in [0.717, 1.165) is 30.5 Å². The van der Waals surface area contributed by atoms with E-state index in [1.54, 1.807) is 0 Å². The fraction of sp³-hybridized carbons (Fsp3) is 0.714. The summed E-state index contributed by atoms with van der Waals surface area (Å²) in [5.41, 5.74) is 1.02. The van der Waals surface area contributed by atoms with Gasteiger partial charge in [-0.15, -0.1) is 0 Å².